The molecule has 0 saturated carbocycles. The van der Waals surface area contributed by atoms with Gasteiger partial charge in [-0.25, -0.2) is 4.98 Å². The van der Waals surface area contributed by atoms with Crippen LogP contribution in [-0.4, -0.2) is 24.1 Å². The van der Waals surface area contributed by atoms with Gasteiger partial charge in [-0.05, 0) is 56.3 Å². The van der Waals surface area contributed by atoms with Gasteiger partial charge >= 0.3 is 0 Å². The second-order valence-electron chi connectivity index (χ2n) is 15.9. The molecular formula is C57H35N5. The average Bonchev–Trinajstić information content (AvgIpc) is 3.87. The van der Waals surface area contributed by atoms with Crippen LogP contribution in [0.1, 0.15) is 0 Å². The van der Waals surface area contributed by atoms with Crippen LogP contribution in [0.5, 0.6) is 0 Å². The van der Waals surface area contributed by atoms with Gasteiger partial charge in [0, 0.05) is 38.1 Å². The van der Waals surface area contributed by atoms with E-state index in [4.69, 9.17) is 15.0 Å². The van der Waals surface area contributed by atoms with Crippen LogP contribution < -0.4 is 0 Å². The predicted molar refractivity (Wildman–Crippen MR) is 257 cm³/mol. The highest BCUT2D eigenvalue weighted by molar-refractivity contribution is 6.29. The summed E-state index contributed by atoms with van der Waals surface area (Å²) in [7, 11) is 0. The molecular weight excluding hydrogens is 755 g/mol. The van der Waals surface area contributed by atoms with Gasteiger partial charge < -0.3 is 4.57 Å². The van der Waals surface area contributed by atoms with Crippen LogP contribution in [0, 0.1) is 0 Å². The van der Waals surface area contributed by atoms with E-state index in [-0.39, 0.29) is 0 Å². The number of hydrogen-bond acceptors (Lipinski definition) is 3. The van der Waals surface area contributed by atoms with Gasteiger partial charge in [-0.1, -0.05) is 194 Å². The van der Waals surface area contributed by atoms with Crippen molar-refractivity contribution in [2.45, 2.75) is 0 Å². The topological polar surface area (TPSA) is 48.5 Å². The summed E-state index contributed by atoms with van der Waals surface area (Å²) in [6.07, 6.45) is 0. The molecule has 0 unspecified atom stereocenters. The van der Waals surface area contributed by atoms with E-state index in [0.717, 1.165) is 66.2 Å². The lowest BCUT2D eigenvalue weighted by atomic mass is 9.93. The summed E-state index contributed by atoms with van der Waals surface area (Å²) >= 11 is 0. The summed E-state index contributed by atoms with van der Waals surface area (Å²) in [5.74, 6) is 1.79. The highest BCUT2D eigenvalue weighted by atomic mass is 15.2. The Morgan fingerprint density at radius 3 is 1.26 bits per heavy atom. The minimum atomic E-state index is 0.561. The first-order chi connectivity index (χ1) is 30.8. The van der Waals surface area contributed by atoms with Crippen molar-refractivity contribution < 1.29 is 0 Å². The van der Waals surface area contributed by atoms with Crippen LogP contribution >= 0.6 is 0 Å². The van der Waals surface area contributed by atoms with E-state index in [0.29, 0.717) is 17.6 Å². The molecule has 288 valence electrons. The molecule has 0 radical (unpaired) electrons. The first-order valence-electron chi connectivity index (χ1n) is 21.0. The van der Waals surface area contributed by atoms with Gasteiger partial charge in [-0.2, -0.15) is 9.97 Å². The number of nitrogens with zero attached hydrogens (tertiary/aromatic N) is 5. The van der Waals surface area contributed by atoms with Gasteiger partial charge in [-0.15, -0.1) is 0 Å². The number of rotatable bonds is 5. The van der Waals surface area contributed by atoms with Crippen LogP contribution in [-0.2, 0) is 0 Å². The van der Waals surface area contributed by atoms with Gasteiger partial charge in [0.1, 0.15) is 0 Å². The molecule has 3 heterocycles. The molecule has 13 rings (SSSR count). The Bertz CT molecular complexity index is 3860. The lowest BCUT2D eigenvalue weighted by Crippen LogP contribution is -2.07. The molecule has 3 aromatic heterocycles. The maximum Gasteiger partial charge on any atom is 0.238 e. The van der Waals surface area contributed by atoms with Crippen molar-refractivity contribution in [3.05, 3.63) is 212 Å². The van der Waals surface area contributed by atoms with Crippen LogP contribution in [0.2, 0.25) is 0 Å². The molecule has 0 spiro atoms. The third kappa shape index (κ3) is 5.12. The fourth-order valence-electron chi connectivity index (χ4n) is 9.83. The van der Waals surface area contributed by atoms with E-state index in [9.17, 15) is 0 Å². The Labute approximate surface area is 356 Å². The molecule has 0 aliphatic rings. The number of benzene rings is 10. The Morgan fingerprint density at radius 1 is 0.258 bits per heavy atom. The highest BCUT2D eigenvalue weighted by Gasteiger charge is 2.25. The van der Waals surface area contributed by atoms with Crippen LogP contribution in [0.15, 0.2) is 212 Å². The van der Waals surface area contributed by atoms with Gasteiger partial charge in [-0.3, -0.25) is 4.57 Å². The minimum Gasteiger partial charge on any atom is -0.307 e. The summed E-state index contributed by atoms with van der Waals surface area (Å²) in [5.41, 5.74) is 9.57. The Morgan fingerprint density at radius 2 is 0.661 bits per heavy atom. The summed E-state index contributed by atoms with van der Waals surface area (Å²) in [6, 6.07) is 75.6. The van der Waals surface area contributed by atoms with Gasteiger partial charge in [0.2, 0.25) is 5.95 Å². The number of hydrogen-bond donors (Lipinski definition) is 0. The SMILES string of the molecule is c1ccc(-c2ccc(-c3nc(-c4ccccc4)nc(-n4c5ccccc5c5ccc6c7ccccc7n(-c7cccc8c9ccccc9c9ccccc9c78)c6c54)n3)cc2)cc1. The van der Waals surface area contributed by atoms with Crippen molar-refractivity contribution >= 4 is 75.9 Å². The van der Waals surface area contributed by atoms with Crippen molar-refractivity contribution in [3.63, 3.8) is 0 Å². The zero-order valence-electron chi connectivity index (χ0n) is 33.4. The van der Waals surface area contributed by atoms with Gasteiger partial charge in [0.15, 0.2) is 11.6 Å². The Hall–Kier alpha value is -8.41. The van der Waals surface area contributed by atoms with E-state index in [1.54, 1.807) is 0 Å². The molecule has 5 nitrogen and oxygen atoms in total. The quantitative estimate of drug-likeness (QED) is 0.163. The maximum absolute atomic E-state index is 5.39. The molecule has 0 saturated heterocycles. The van der Waals surface area contributed by atoms with Gasteiger partial charge in [0.25, 0.3) is 0 Å². The standard InChI is InChI=1S/C57H35N5/c1-3-16-36(17-4-1)37-30-32-39(33-31-37)56-58-55(38-18-5-2-6-19-38)59-57(60-56)62-50-28-14-12-24-44(50)48-35-34-47-43-23-11-13-27-49(43)61(53(47)54(48)62)51-29-15-26-46-42-21-8-7-20-40(42)41-22-9-10-25-45(41)52(46)51/h1-35H. The number of aromatic nitrogens is 5. The normalized spacial score (nSPS) is 11.9. The average molecular weight is 790 g/mol. The van der Waals surface area contributed by atoms with Crippen molar-refractivity contribution in [3.8, 4) is 45.5 Å². The molecule has 0 amide bonds. The van der Waals surface area contributed by atoms with Crippen LogP contribution in [0.3, 0.4) is 0 Å². The third-order valence-corrected chi connectivity index (χ3v) is 12.6. The fourth-order valence-corrected chi connectivity index (χ4v) is 9.83. The van der Waals surface area contributed by atoms with Crippen molar-refractivity contribution in [2.24, 2.45) is 0 Å². The van der Waals surface area contributed by atoms with Crippen LogP contribution in [0.4, 0.5) is 0 Å². The van der Waals surface area contributed by atoms with Crippen LogP contribution in [0.25, 0.3) is 121 Å². The molecule has 13 aromatic rings. The summed E-state index contributed by atoms with van der Waals surface area (Å²) in [4.78, 5) is 15.9. The summed E-state index contributed by atoms with van der Waals surface area (Å²) in [6.45, 7) is 0. The number of fused-ring (bicyclic) bond motifs is 13. The molecule has 10 aromatic carbocycles. The van der Waals surface area contributed by atoms with E-state index in [1.807, 2.05) is 24.3 Å². The zero-order valence-corrected chi connectivity index (χ0v) is 33.4. The molecule has 0 N–H and O–H groups in total. The largest absolute Gasteiger partial charge is 0.307 e. The molecule has 0 aliphatic heterocycles. The fraction of sp³-hybridized carbons (Fsp3) is 0. The van der Waals surface area contributed by atoms with E-state index >= 15 is 0 Å². The lowest BCUT2D eigenvalue weighted by Gasteiger charge is -2.17. The van der Waals surface area contributed by atoms with Crippen molar-refractivity contribution in [2.75, 3.05) is 0 Å². The molecule has 0 atom stereocenters. The van der Waals surface area contributed by atoms with E-state index in [1.165, 1.54) is 37.7 Å². The zero-order chi connectivity index (χ0) is 40.7. The first kappa shape index (κ1) is 34.5. The smallest absolute Gasteiger partial charge is 0.238 e. The second kappa shape index (κ2) is 13.6. The second-order valence-corrected chi connectivity index (χ2v) is 15.9. The van der Waals surface area contributed by atoms with Crippen molar-refractivity contribution in [1.29, 1.82) is 0 Å². The molecule has 0 aliphatic carbocycles. The maximum atomic E-state index is 5.39. The minimum absolute atomic E-state index is 0.561. The molecule has 0 bridgehead atoms. The monoisotopic (exact) mass is 789 g/mol. The van der Waals surface area contributed by atoms with Crippen molar-refractivity contribution in [1.82, 2.24) is 24.1 Å². The van der Waals surface area contributed by atoms with E-state index < -0.39 is 0 Å². The molecule has 0 fully saturated rings. The Kier molecular flexibility index (Phi) is 7.54. The summed E-state index contributed by atoms with van der Waals surface area (Å²) in [5, 5.41) is 12.0. The lowest BCUT2D eigenvalue weighted by molar-refractivity contribution is 0.953. The highest BCUT2D eigenvalue weighted by Crippen LogP contribution is 2.45. The molecule has 62 heavy (non-hydrogen) atoms. The Balaban J connectivity index is 1.16. The third-order valence-electron chi connectivity index (χ3n) is 12.6. The summed E-state index contributed by atoms with van der Waals surface area (Å²) < 4.78 is 4.77. The van der Waals surface area contributed by atoms with Gasteiger partial charge in [0.05, 0.1) is 27.8 Å². The predicted octanol–water partition coefficient (Wildman–Crippen LogP) is 14.5. The number of para-hydroxylation sites is 2. The first-order valence-corrected chi connectivity index (χ1v) is 21.0. The van der Waals surface area contributed by atoms with E-state index in [2.05, 4.69) is 197 Å². The molecule has 5 heteroatoms.